The predicted octanol–water partition coefficient (Wildman–Crippen LogP) is 0.674. The fourth-order valence-electron chi connectivity index (χ4n) is 1.42. The molecule has 0 aromatic heterocycles. The Kier molecular flexibility index (Phi) is 3.98. The third-order valence-electron chi connectivity index (χ3n) is 2.45. The molecule has 0 aliphatic carbocycles. The highest BCUT2D eigenvalue weighted by Gasteiger charge is 2.34. The molecule has 0 fully saturated rings. The lowest BCUT2D eigenvalue weighted by atomic mass is 9.92. The van der Waals surface area contributed by atoms with E-state index in [9.17, 15) is 14.3 Å². The number of hydrogen-bond acceptors (Lipinski definition) is 3. The van der Waals surface area contributed by atoms with E-state index in [1.807, 2.05) is 0 Å². The van der Waals surface area contributed by atoms with Gasteiger partial charge in [-0.15, -0.1) is 0 Å². The van der Waals surface area contributed by atoms with Crippen molar-refractivity contribution in [3.63, 3.8) is 0 Å². The largest absolute Gasteiger partial charge is 0.480 e. The molecule has 4 N–H and O–H groups in total. The Bertz CT molecular complexity index is 384. The molecule has 5 heteroatoms. The Morgan fingerprint density at radius 1 is 1.62 bits per heavy atom. The van der Waals surface area contributed by atoms with E-state index in [4.69, 9.17) is 5.73 Å². The summed E-state index contributed by atoms with van der Waals surface area (Å²) in [5, 5.41) is 12.0. The number of nitrogens with two attached hydrogens (primary N) is 1. The summed E-state index contributed by atoms with van der Waals surface area (Å²) in [6.07, 6.45) is 0. The highest BCUT2D eigenvalue weighted by Crippen LogP contribution is 2.21. The molecule has 0 spiro atoms. The maximum absolute atomic E-state index is 13.0. The Hall–Kier alpha value is -1.46. The summed E-state index contributed by atoms with van der Waals surface area (Å²) in [5.41, 5.74) is 4.37. The number of hydrogen-bond donors (Lipinski definition) is 3. The van der Waals surface area contributed by atoms with Crippen molar-refractivity contribution < 1.29 is 14.3 Å². The van der Waals surface area contributed by atoms with Gasteiger partial charge in [0, 0.05) is 13.1 Å². The van der Waals surface area contributed by atoms with Crippen molar-refractivity contribution in [1.82, 2.24) is 5.32 Å². The van der Waals surface area contributed by atoms with Crippen LogP contribution in [0.1, 0.15) is 12.5 Å². The van der Waals surface area contributed by atoms with Gasteiger partial charge in [-0.2, -0.15) is 0 Å². The molecule has 0 heterocycles. The maximum atomic E-state index is 13.0. The number of nitrogens with one attached hydrogen (secondary N) is 1. The van der Waals surface area contributed by atoms with Crippen molar-refractivity contribution in [1.29, 1.82) is 0 Å². The lowest BCUT2D eigenvalue weighted by Gasteiger charge is -2.26. The number of halogens is 1. The first-order valence-electron chi connectivity index (χ1n) is 4.95. The van der Waals surface area contributed by atoms with E-state index in [2.05, 4.69) is 5.32 Å². The molecule has 0 aliphatic heterocycles. The molecule has 0 saturated carbocycles. The van der Waals surface area contributed by atoms with E-state index in [0.29, 0.717) is 18.7 Å². The van der Waals surface area contributed by atoms with Crippen LogP contribution in [0.4, 0.5) is 4.39 Å². The van der Waals surface area contributed by atoms with E-state index < -0.39 is 17.3 Å². The van der Waals surface area contributed by atoms with Gasteiger partial charge in [0.2, 0.25) is 0 Å². The van der Waals surface area contributed by atoms with Crippen LogP contribution >= 0.6 is 0 Å². The molecule has 16 heavy (non-hydrogen) atoms. The number of aliphatic carboxylic acids is 1. The first kappa shape index (κ1) is 12.6. The minimum absolute atomic E-state index is 0.318. The Balaban J connectivity index is 3.06. The molecule has 1 aromatic carbocycles. The molecule has 1 rings (SSSR count). The van der Waals surface area contributed by atoms with Crippen molar-refractivity contribution in [2.75, 3.05) is 13.1 Å². The minimum Gasteiger partial charge on any atom is -0.480 e. The minimum atomic E-state index is -1.32. The number of carbonyl (C=O) groups is 1. The Morgan fingerprint density at radius 2 is 2.31 bits per heavy atom. The van der Waals surface area contributed by atoms with Crippen LogP contribution in [0.5, 0.6) is 0 Å². The molecule has 0 amide bonds. The van der Waals surface area contributed by atoms with Gasteiger partial charge in [0.1, 0.15) is 11.4 Å². The zero-order chi connectivity index (χ0) is 12.2. The molecular formula is C11H15FN2O2. The SMILES string of the molecule is CC(NCCN)(C(=O)O)c1cccc(F)c1. The number of carboxylic acids is 1. The van der Waals surface area contributed by atoms with E-state index in [1.54, 1.807) is 6.07 Å². The van der Waals surface area contributed by atoms with Crippen molar-refractivity contribution in [3.05, 3.63) is 35.6 Å². The quantitative estimate of drug-likeness (QED) is 0.690. The van der Waals surface area contributed by atoms with Crippen LogP contribution in [0.25, 0.3) is 0 Å². The predicted molar refractivity (Wildman–Crippen MR) is 58.4 cm³/mol. The van der Waals surface area contributed by atoms with Gasteiger partial charge >= 0.3 is 5.97 Å². The summed E-state index contributed by atoms with van der Waals surface area (Å²) in [6.45, 7) is 2.15. The van der Waals surface area contributed by atoms with Crippen LogP contribution in [0.15, 0.2) is 24.3 Å². The molecule has 88 valence electrons. The molecule has 1 aromatic rings. The van der Waals surface area contributed by atoms with Crippen molar-refractivity contribution in [2.45, 2.75) is 12.5 Å². The van der Waals surface area contributed by atoms with Gasteiger partial charge < -0.3 is 10.8 Å². The molecule has 0 radical (unpaired) electrons. The average Bonchev–Trinajstić information content (AvgIpc) is 2.25. The highest BCUT2D eigenvalue weighted by atomic mass is 19.1. The van der Waals surface area contributed by atoms with Gasteiger partial charge in [0.15, 0.2) is 0 Å². The fraction of sp³-hybridized carbons (Fsp3) is 0.364. The lowest BCUT2D eigenvalue weighted by Crippen LogP contribution is -2.48. The summed E-state index contributed by atoms with van der Waals surface area (Å²) >= 11 is 0. The van der Waals surface area contributed by atoms with Gasteiger partial charge in [0.25, 0.3) is 0 Å². The summed E-state index contributed by atoms with van der Waals surface area (Å²) in [7, 11) is 0. The number of carboxylic acid groups (broad SMARTS) is 1. The van der Waals surface area contributed by atoms with Crippen molar-refractivity contribution >= 4 is 5.97 Å². The normalized spacial score (nSPS) is 14.4. The first-order chi connectivity index (χ1) is 7.50. The third kappa shape index (κ3) is 2.56. The highest BCUT2D eigenvalue weighted by molar-refractivity contribution is 5.80. The standard InChI is InChI=1S/C11H15FN2O2/c1-11(10(15)16,14-6-5-13)8-3-2-4-9(12)7-8/h2-4,7,14H,5-6,13H2,1H3,(H,15,16). The summed E-state index contributed by atoms with van der Waals surface area (Å²) in [5.74, 6) is -1.52. The van der Waals surface area contributed by atoms with Crippen LogP contribution in [-0.2, 0) is 10.3 Å². The van der Waals surface area contributed by atoms with Crippen LogP contribution < -0.4 is 11.1 Å². The van der Waals surface area contributed by atoms with Crippen LogP contribution in [0, 0.1) is 5.82 Å². The maximum Gasteiger partial charge on any atom is 0.328 e. The zero-order valence-electron chi connectivity index (χ0n) is 9.03. The second-order valence-electron chi connectivity index (χ2n) is 3.66. The summed E-state index contributed by atoms with van der Waals surface area (Å²) in [4.78, 5) is 11.2. The molecule has 0 saturated heterocycles. The first-order valence-corrected chi connectivity index (χ1v) is 4.95. The van der Waals surface area contributed by atoms with Crippen molar-refractivity contribution in [2.24, 2.45) is 5.73 Å². The molecule has 4 nitrogen and oxygen atoms in total. The second-order valence-corrected chi connectivity index (χ2v) is 3.66. The van der Waals surface area contributed by atoms with Gasteiger partial charge in [-0.05, 0) is 24.6 Å². The Labute approximate surface area is 93.3 Å². The Morgan fingerprint density at radius 3 is 2.81 bits per heavy atom. The molecule has 0 bridgehead atoms. The second kappa shape index (κ2) is 5.05. The smallest absolute Gasteiger partial charge is 0.328 e. The molecular weight excluding hydrogens is 211 g/mol. The van der Waals surface area contributed by atoms with Crippen LogP contribution in [0.2, 0.25) is 0 Å². The van der Waals surface area contributed by atoms with Gasteiger partial charge in [-0.3, -0.25) is 5.32 Å². The van der Waals surface area contributed by atoms with Gasteiger partial charge in [0.05, 0.1) is 0 Å². The fourth-order valence-corrected chi connectivity index (χ4v) is 1.42. The van der Waals surface area contributed by atoms with E-state index in [-0.39, 0.29) is 0 Å². The summed E-state index contributed by atoms with van der Waals surface area (Å²) < 4.78 is 13.0. The summed E-state index contributed by atoms with van der Waals surface area (Å²) in [6, 6.07) is 5.53. The average molecular weight is 226 g/mol. The van der Waals surface area contributed by atoms with E-state index >= 15 is 0 Å². The van der Waals surface area contributed by atoms with Gasteiger partial charge in [-0.1, -0.05) is 12.1 Å². The molecule has 1 atom stereocenters. The zero-order valence-corrected chi connectivity index (χ0v) is 9.03. The van der Waals surface area contributed by atoms with Crippen LogP contribution in [-0.4, -0.2) is 24.2 Å². The molecule has 1 unspecified atom stereocenters. The van der Waals surface area contributed by atoms with Gasteiger partial charge in [-0.25, -0.2) is 9.18 Å². The van der Waals surface area contributed by atoms with E-state index in [1.165, 1.54) is 25.1 Å². The number of rotatable bonds is 5. The molecule has 0 aliphatic rings. The monoisotopic (exact) mass is 226 g/mol. The van der Waals surface area contributed by atoms with Crippen LogP contribution in [0.3, 0.4) is 0 Å². The number of benzene rings is 1. The van der Waals surface area contributed by atoms with Crippen molar-refractivity contribution in [3.8, 4) is 0 Å². The third-order valence-corrected chi connectivity index (χ3v) is 2.45. The lowest BCUT2D eigenvalue weighted by molar-refractivity contribution is -0.144. The topological polar surface area (TPSA) is 75.3 Å². The van der Waals surface area contributed by atoms with E-state index in [0.717, 1.165) is 0 Å².